The molecule has 0 amide bonds. The molecule has 4 rings (SSSR count). The molecule has 2 aromatic carbocycles. The van der Waals surface area contributed by atoms with Gasteiger partial charge < -0.3 is 9.84 Å². The summed E-state index contributed by atoms with van der Waals surface area (Å²) in [4.78, 5) is 0. The number of H-pyrrole nitrogens is 2. The summed E-state index contributed by atoms with van der Waals surface area (Å²) in [5, 5.41) is 28.6. The molecule has 0 radical (unpaired) electrons. The first kappa shape index (κ1) is 18.6. The molecule has 8 nitrogen and oxygen atoms in total. The van der Waals surface area contributed by atoms with Crippen LogP contribution in [0.25, 0.3) is 22.8 Å². The van der Waals surface area contributed by atoms with Crippen LogP contribution in [-0.2, 0) is 0 Å². The molecule has 0 bridgehead atoms. The normalized spacial score (nSPS) is 11.2. The van der Waals surface area contributed by atoms with Crippen LogP contribution < -0.4 is 4.74 Å². The summed E-state index contributed by atoms with van der Waals surface area (Å²) in [6, 6.07) is 16.7. The Kier molecular flexibility index (Phi) is 5.21. The Morgan fingerprint density at radius 3 is 2.76 bits per heavy atom. The minimum atomic E-state index is 0.0792. The highest BCUT2D eigenvalue weighted by atomic mass is 32.1. The van der Waals surface area contributed by atoms with E-state index in [1.165, 1.54) is 4.68 Å². The predicted molar refractivity (Wildman–Crippen MR) is 113 cm³/mol. The highest BCUT2D eigenvalue weighted by Crippen LogP contribution is 2.26. The fourth-order valence-corrected chi connectivity index (χ4v) is 2.95. The first-order chi connectivity index (χ1) is 14.2. The zero-order valence-electron chi connectivity index (χ0n) is 15.5. The summed E-state index contributed by atoms with van der Waals surface area (Å²) in [6.45, 7) is 2.31. The summed E-state index contributed by atoms with van der Waals surface area (Å²) >= 11 is 5.31. The van der Waals surface area contributed by atoms with Gasteiger partial charge in [-0.2, -0.15) is 20.0 Å². The summed E-state index contributed by atoms with van der Waals surface area (Å²) in [5.41, 5.74) is 3.21. The summed E-state index contributed by atoms with van der Waals surface area (Å²) in [7, 11) is 0. The van der Waals surface area contributed by atoms with Gasteiger partial charge in [-0.15, -0.1) is 0 Å². The number of benzene rings is 2. The van der Waals surface area contributed by atoms with Crippen molar-refractivity contribution in [1.29, 1.82) is 0 Å². The Bertz CT molecular complexity index is 1210. The molecular weight excluding hydrogens is 388 g/mol. The summed E-state index contributed by atoms with van der Waals surface area (Å²) in [5.74, 6) is 0.980. The number of nitrogens with one attached hydrogen (secondary N) is 2. The quantitative estimate of drug-likeness (QED) is 0.332. The molecular formula is C20H18N6O2S. The van der Waals surface area contributed by atoms with Gasteiger partial charge in [-0.1, -0.05) is 30.3 Å². The number of hydrogen-bond acceptors (Lipinski definition) is 6. The zero-order chi connectivity index (χ0) is 20.2. The van der Waals surface area contributed by atoms with Gasteiger partial charge in [0.25, 0.3) is 0 Å². The number of phenolic OH excluding ortho intramolecular Hbond substituents is 1. The van der Waals surface area contributed by atoms with Gasteiger partial charge in [-0.25, -0.2) is 5.10 Å². The third-order valence-corrected chi connectivity index (χ3v) is 4.41. The monoisotopic (exact) mass is 406 g/mol. The van der Waals surface area contributed by atoms with E-state index in [0.29, 0.717) is 28.6 Å². The molecule has 0 aliphatic heterocycles. The van der Waals surface area contributed by atoms with Gasteiger partial charge >= 0.3 is 0 Å². The molecule has 29 heavy (non-hydrogen) atoms. The fraction of sp³-hybridized carbons (Fsp3) is 0.100. The topological polar surface area (TPSA) is 104 Å². The summed E-state index contributed by atoms with van der Waals surface area (Å²) in [6.07, 6.45) is 1.62. The van der Waals surface area contributed by atoms with Crippen molar-refractivity contribution in [2.24, 2.45) is 5.10 Å². The van der Waals surface area contributed by atoms with Crippen LogP contribution in [0.2, 0.25) is 0 Å². The Hall–Kier alpha value is -3.72. The van der Waals surface area contributed by atoms with Crippen LogP contribution in [0.5, 0.6) is 11.5 Å². The lowest BCUT2D eigenvalue weighted by Crippen LogP contribution is -1.96. The van der Waals surface area contributed by atoms with Crippen LogP contribution in [0.3, 0.4) is 0 Å². The highest BCUT2D eigenvalue weighted by molar-refractivity contribution is 7.71. The van der Waals surface area contributed by atoms with E-state index in [0.717, 1.165) is 16.8 Å². The molecule has 3 N–H and O–H groups in total. The van der Waals surface area contributed by atoms with Crippen molar-refractivity contribution in [3.63, 3.8) is 0 Å². The van der Waals surface area contributed by atoms with Crippen molar-refractivity contribution >= 4 is 18.4 Å². The second kappa shape index (κ2) is 8.11. The maximum atomic E-state index is 9.83. The van der Waals surface area contributed by atoms with Crippen LogP contribution in [0.15, 0.2) is 59.7 Å². The lowest BCUT2D eigenvalue weighted by Gasteiger charge is -2.06. The van der Waals surface area contributed by atoms with E-state index in [2.05, 4.69) is 25.5 Å². The molecule has 9 heteroatoms. The second-order valence-corrected chi connectivity index (χ2v) is 6.49. The molecule has 0 saturated carbocycles. The van der Waals surface area contributed by atoms with E-state index in [9.17, 15) is 5.11 Å². The average molecular weight is 406 g/mol. The zero-order valence-corrected chi connectivity index (χ0v) is 16.3. The van der Waals surface area contributed by atoms with Gasteiger partial charge in [0, 0.05) is 5.56 Å². The molecule has 0 aliphatic carbocycles. The van der Waals surface area contributed by atoms with Crippen LogP contribution in [0.4, 0.5) is 0 Å². The first-order valence-corrected chi connectivity index (χ1v) is 9.35. The number of aromatic hydroxyl groups is 1. The standard InChI is InChI=1S/C20H18N6O2S/c1-2-28-18-10-13(8-9-17(18)27)12-21-26-19(24-25-20(26)29)16-11-15(22-23-16)14-6-4-3-5-7-14/h3-12,27H,2H2,1H3,(H,22,23)(H,25,29). The smallest absolute Gasteiger partial charge is 0.216 e. The maximum absolute atomic E-state index is 9.83. The van der Waals surface area contributed by atoms with Crippen LogP contribution >= 0.6 is 12.2 Å². The van der Waals surface area contributed by atoms with Crippen LogP contribution in [0, 0.1) is 4.77 Å². The number of rotatable bonds is 6. The number of aromatic amines is 2. The third-order valence-electron chi connectivity index (χ3n) is 4.14. The number of phenols is 1. The molecule has 0 aliphatic rings. The van der Waals surface area contributed by atoms with E-state index < -0.39 is 0 Å². The lowest BCUT2D eigenvalue weighted by molar-refractivity contribution is 0.318. The van der Waals surface area contributed by atoms with Gasteiger partial charge in [-0.3, -0.25) is 5.10 Å². The van der Waals surface area contributed by atoms with Crippen molar-refractivity contribution in [2.75, 3.05) is 6.61 Å². The fourth-order valence-electron chi connectivity index (χ4n) is 2.77. The number of ether oxygens (including phenoxy) is 1. The first-order valence-electron chi connectivity index (χ1n) is 8.94. The number of aromatic nitrogens is 5. The van der Waals surface area contributed by atoms with Gasteiger partial charge in [0.15, 0.2) is 11.5 Å². The van der Waals surface area contributed by atoms with Crippen molar-refractivity contribution in [3.05, 3.63) is 64.9 Å². The van der Waals surface area contributed by atoms with Crippen molar-refractivity contribution in [3.8, 4) is 34.3 Å². The number of hydrogen-bond donors (Lipinski definition) is 3. The molecule has 0 spiro atoms. The Balaban J connectivity index is 1.65. The lowest BCUT2D eigenvalue weighted by atomic mass is 10.1. The minimum Gasteiger partial charge on any atom is -0.504 e. The van der Waals surface area contributed by atoms with E-state index >= 15 is 0 Å². The Morgan fingerprint density at radius 2 is 1.97 bits per heavy atom. The van der Waals surface area contributed by atoms with Crippen molar-refractivity contribution in [2.45, 2.75) is 6.92 Å². The van der Waals surface area contributed by atoms with Gasteiger partial charge in [-0.05, 0) is 49.0 Å². The van der Waals surface area contributed by atoms with Crippen molar-refractivity contribution in [1.82, 2.24) is 25.1 Å². The van der Waals surface area contributed by atoms with Gasteiger partial charge in [0.1, 0.15) is 5.69 Å². The average Bonchev–Trinajstić information content (AvgIpc) is 3.36. The van der Waals surface area contributed by atoms with Crippen LogP contribution in [-0.4, -0.2) is 43.0 Å². The van der Waals surface area contributed by atoms with E-state index in [1.54, 1.807) is 24.4 Å². The van der Waals surface area contributed by atoms with E-state index in [-0.39, 0.29) is 5.75 Å². The predicted octanol–water partition coefficient (Wildman–Crippen LogP) is 3.98. The number of nitrogens with zero attached hydrogens (tertiary/aromatic N) is 4. The molecule has 4 aromatic rings. The molecule has 146 valence electrons. The third kappa shape index (κ3) is 3.94. The van der Waals surface area contributed by atoms with E-state index in [1.807, 2.05) is 43.3 Å². The molecule has 0 unspecified atom stereocenters. The molecule has 2 heterocycles. The minimum absolute atomic E-state index is 0.0792. The van der Waals surface area contributed by atoms with E-state index in [4.69, 9.17) is 17.0 Å². The van der Waals surface area contributed by atoms with Gasteiger partial charge in [0.05, 0.1) is 18.5 Å². The van der Waals surface area contributed by atoms with Gasteiger partial charge in [0.2, 0.25) is 10.6 Å². The van der Waals surface area contributed by atoms with Crippen LogP contribution in [0.1, 0.15) is 12.5 Å². The summed E-state index contributed by atoms with van der Waals surface area (Å²) < 4.78 is 7.25. The Morgan fingerprint density at radius 1 is 1.14 bits per heavy atom. The molecule has 2 aromatic heterocycles. The molecule has 0 atom stereocenters. The largest absolute Gasteiger partial charge is 0.504 e. The SMILES string of the molecule is CCOc1cc(C=Nn2c(-c3cc(-c4ccccc4)n[nH]3)n[nH]c2=S)ccc1O. The van der Waals surface area contributed by atoms with Crippen molar-refractivity contribution < 1.29 is 9.84 Å². The maximum Gasteiger partial charge on any atom is 0.216 e. The Labute approximate surface area is 171 Å². The molecule has 0 fully saturated rings. The second-order valence-electron chi connectivity index (χ2n) is 6.10. The highest BCUT2D eigenvalue weighted by Gasteiger charge is 2.12. The molecule has 0 saturated heterocycles.